The van der Waals surface area contributed by atoms with Crippen molar-refractivity contribution in [1.82, 2.24) is 24.8 Å². The van der Waals surface area contributed by atoms with Gasteiger partial charge in [-0.15, -0.1) is 0 Å². The van der Waals surface area contributed by atoms with Crippen molar-refractivity contribution in [2.24, 2.45) is 0 Å². The Balaban J connectivity index is 1.63. The fourth-order valence-electron chi connectivity index (χ4n) is 3.40. The first-order valence-corrected chi connectivity index (χ1v) is 9.57. The van der Waals surface area contributed by atoms with Gasteiger partial charge in [0.15, 0.2) is 17.3 Å². The molecule has 1 saturated carbocycles. The minimum Gasteiger partial charge on any atom is -0.349 e. The summed E-state index contributed by atoms with van der Waals surface area (Å²) in [6.07, 6.45) is 4.85. The van der Waals surface area contributed by atoms with Crippen LogP contribution in [-0.4, -0.2) is 31.5 Å². The number of aryl methyl sites for hydroxylation is 1. The maximum absolute atomic E-state index is 14.3. The number of fused-ring (bicyclic) bond motifs is 1. The molecule has 1 N–H and O–H groups in total. The average molecular weight is 405 g/mol. The molecule has 8 heteroatoms. The molecule has 2 aromatic heterocycles. The molecule has 0 unspecified atom stereocenters. The number of nitrogens with zero attached hydrogens (tertiary/aromatic N) is 4. The highest BCUT2D eigenvalue weighted by Crippen LogP contribution is 2.29. The summed E-state index contributed by atoms with van der Waals surface area (Å²) >= 11 is 0. The van der Waals surface area contributed by atoms with Crippen LogP contribution in [0.15, 0.2) is 49.1 Å². The predicted molar refractivity (Wildman–Crippen MR) is 107 cm³/mol. The van der Waals surface area contributed by atoms with E-state index < -0.39 is 11.6 Å². The number of amides is 1. The lowest BCUT2D eigenvalue weighted by atomic mass is 10.1. The summed E-state index contributed by atoms with van der Waals surface area (Å²) in [5.74, 6) is -2.06. The number of nitrogens with one attached hydrogen (secondary N) is 1. The molecule has 1 amide bonds. The normalized spacial score (nSPS) is 13.6. The second-order valence-corrected chi connectivity index (χ2v) is 7.36. The van der Waals surface area contributed by atoms with Gasteiger partial charge in [-0.2, -0.15) is 0 Å². The lowest BCUT2D eigenvalue weighted by Gasteiger charge is -2.11. The topological polar surface area (TPSA) is 72.7 Å². The van der Waals surface area contributed by atoms with Crippen LogP contribution in [0.5, 0.6) is 0 Å². The second kappa shape index (κ2) is 6.98. The maximum Gasteiger partial charge on any atom is 0.251 e. The average Bonchev–Trinajstić information content (AvgIpc) is 3.45. The summed E-state index contributed by atoms with van der Waals surface area (Å²) in [4.78, 5) is 25.3. The lowest BCUT2D eigenvalue weighted by molar-refractivity contribution is 0.0951. The number of hydrogen-bond acceptors (Lipinski definition) is 4. The Morgan fingerprint density at radius 1 is 1.13 bits per heavy atom. The van der Waals surface area contributed by atoms with Gasteiger partial charge in [-0.05, 0) is 49.6 Å². The number of halogens is 2. The van der Waals surface area contributed by atoms with Crippen molar-refractivity contribution >= 4 is 17.1 Å². The Bertz CT molecular complexity index is 1300. The molecule has 0 saturated heterocycles. The third-order valence-electron chi connectivity index (χ3n) is 5.18. The Hall–Kier alpha value is -3.68. The van der Waals surface area contributed by atoms with E-state index >= 15 is 0 Å². The summed E-state index contributed by atoms with van der Waals surface area (Å²) < 4.78 is 29.8. The van der Waals surface area contributed by atoms with E-state index in [1.165, 1.54) is 18.5 Å². The number of benzene rings is 2. The molecule has 0 radical (unpaired) electrons. The Kier molecular flexibility index (Phi) is 4.27. The van der Waals surface area contributed by atoms with Crippen molar-refractivity contribution in [3.63, 3.8) is 0 Å². The van der Waals surface area contributed by atoms with Crippen molar-refractivity contribution in [1.29, 1.82) is 0 Å². The van der Waals surface area contributed by atoms with E-state index in [1.807, 2.05) is 13.0 Å². The zero-order valence-corrected chi connectivity index (χ0v) is 16.1. The van der Waals surface area contributed by atoms with Gasteiger partial charge in [0, 0.05) is 17.2 Å². The third-order valence-corrected chi connectivity index (χ3v) is 5.18. The van der Waals surface area contributed by atoms with Crippen LogP contribution in [0.25, 0.3) is 28.1 Å². The van der Waals surface area contributed by atoms with Gasteiger partial charge in [0.25, 0.3) is 5.91 Å². The predicted octanol–water partition coefficient (Wildman–Crippen LogP) is 3.96. The molecule has 0 aliphatic heterocycles. The maximum atomic E-state index is 14.3. The van der Waals surface area contributed by atoms with E-state index in [2.05, 4.69) is 20.3 Å². The highest BCUT2D eigenvalue weighted by Gasteiger charge is 2.24. The molecule has 1 aliphatic carbocycles. The zero-order chi connectivity index (χ0) is 20.8. The van der Waals surface area contributed by atoms with Crippen LogP contribution in [0.1, 0.15) is 28.8 Å². The zero-order valence-electron chi connectivity index (χ0n) is 16.1. The minimum atomic E-state index is -0.984. The molecule has 1 aliphatic rings. The molecule has 0 bridgehead atoms. The molecular formula is C22H17F2N5O. The monoisotopic (exact) mass is 405 g/mol. The molecule has 6 nitrogen and oxygen atoms in total. The summed E-state index contributed by atoms with van der Waals surface area (Å²) in [6.45, 7) is 1.91. The molecule has 0 atom stereocenters. The Morgan fingerprint density at radius 2 is 1.97 bits per heavy atom. The van der Waals surface area contributed by atoms with E-state index in [-0.39, 0.29) is 23.2 Å². The van der Waals surface area contributed by atoms with E-state index in [1.54, 1.807) is 23.0 Å². The van der Waals surface area contributed by atoms with Gasteiger partial charge in [-0.25, -0.2) is 23.7 Å². The lowest BCUT2D eigenvalue weighted by Crippen LogP contribution is -2.25. The van der Waals surface area contributed by atoms with E-state index in [4.69, 9.17) is 0 Å². The second-order valence-electron chi connectivity index (χ2n) is 7.36. The van der Waals surface area contributed by atoms with Gasteiger partial charge in [-0.1, -0.05) is 12.1 Å². The minimum absolute atomic E-state index is 0.0157. The van der Waals surface area contributed by atoms with E-state index in [0.29, 0.717) is 16.7 Å². The van der Waals surface area contributed by atoms with Crippen molar-refractivity contribution in [3.8, 4) is 16.9 Å². The standard InChI is InChI=1S/C22H17F2N5O/c1-12-5-6-13(22(30)28-14-7-8-14)9-17(12)29-11-27-20-19(25-10-26-21(20)29)15-3-2-4-16(23)18(15)24/h2-6,9-11,14H,7-8H2,1H3,(H,28,30). The summed E-state index contributed by atoms with van der Waals surface area (Å²) in [5, 5.41) is 2.97. The first kappa shape index (κ1) is 18.4. The molecule has 5 rings (SSSR count). The molecule has 2 aromatic carbocycles. The van der Waals surface area contributed by atoms with Crippen LogP contribution in [-0.2, 0) is 0 Å². The van der Waals surface area contributed by atoms with Gasteiger partial charge >= 0.3 is 0 Å². The van der Waals surface area contributed by atoms with Gasteiger partial charge in [0.05, 0.1) is 5.69 Å². The molecule has 1 fully saturated rings. The number of imidazole rings is 1. The molecule has 2 heterocycles. The molecule has 0 spiro atoms. The van der Waals surface area contributed by atoms with Crippen LogP contribution in [0, 0.1) is 18.6 Å². The summed E-state index contributed by atoms with van der Waals surface area (Å²) in [7, 11) is 0. The van der Waals surface area contributed by atoms with Crippen molar-refractivity contribution in [2.45, 2.75) is 25.8 Å². The fourth-order valence-corrected chi connectivity index (χ4v) is 3.40. The van der Waals surface area contributed by atoms with Crippen molar-refractivity contribution in [2.75, 3.05) is 0 Å². The van der Waals surface area contributed by atoms with Crippen LogP contribution >= 0.6 is 0 Å². The SMILES string of the molecule is Cc1ccc(C(=O)NC2CC2)cc1-n1cnc2c(-c3cccc(F)c3F)ncnc21. The Morgan fingerprint density at radius 3 is 2.77 bits per heavy atom. The smallest absolute Gasteiger partial charge is 0.251 e. The number of carbonyl (C=O) groups excluding carboxylic acids is 1. The van der Waals surface area contributed by atoms with Gasteiger partial charge in [0.1, 0.15) is 23.9 Å². The van der Waals surface area contributed by atoms with Crippen LogP contribution in [0.2, 0.25) is 0 Å². The number of aromatic nitrogens is 4. The highest BCUT2D eigenvalue weighted by molar-refractivity contribution is 5.95. The highest BCUT2D eigenvalue weighted by atomic mass is 19.2. The van der Waals surface area contributed by atoms with Gasteiger partial charge in [0.2, 0.25) is 0 Å². The fraction of sp³-hybridized carbons (Fsp3) is 0.182. The summed E-state index contributed by atoms with van der Waals surface area (Å²) in [5.41, 5.74) is 3.17. The summed E-state index contributed by atoms with van der Waals surface area (Å²) in [6, 6.07) is 9.59. The van der Waals surface area contributed by atoms with E-state index in [0.717, 1.165) is 30.2 Å². The van der Waals surface area contributed by atoms with Gasteiger partial charge in [-0.3, -0.25) is 9.36 Å². The molecule has 4 aromatic rings. The molecule has 150 valence electrons. The van der Waals surface area contributed by atoms with Crippen LogP contribution < -0.4 is 5.32 Å². The first-order chi connectivity index (χ1) is 14.5. The van der Waals surface area contributed by atoms with Crippen molar-refractivity contribution in [3.05, 3.63) is 71.8 Å². The number of hydrogen-bond donors (Lipinski definition) is 1. The van der Waals surface area contributed by atoms with Crippen molar-refractivity contribution < 1.29 is 13.6 Å². The Labute approximate surface area is 170 Å². The quantitative estimate of drug-likeness (QED) is 0.558. The van der Waals surface area contributed by atoms with Gasteiger partial charge < -0.3 is 5.32 Å². The first-order valence-electron chi connectivity index (χ1n) is 9.57. The van der Waals surface area contributed by atoms with Crippen LogP contribution in [0.3, 0.4) is 0 Å². The largest absolute Gasteiger partial charge is 0.349 e. The third kappa shape index (κ3) is 3.10. The number of rotatable bonds is 4. The molecular weight excluding hydrogens is 388 g/mol. The van der Waals surface area contributed by atoms with E-state index in [9.17, 15) is 13.6 Å². The molecule has 30 heavy (non-hydrogen) atoms. The van der Waals surface area contributed by atoms with Crippen LogP contribution in [0.4, 0.5) is 8.78 Å². The number of carbonyl (C=O) groups is 1.